The Balaban J connectivity index is 2.48. The van der Waals surface area contributed by atoms with Gasteiger partial charge >= 0.3 is 12.3 Å². The second-order valence-electron chi connectivity index (χ2n) is 4.05. The normalized spacial score (nSPS) is 12.8. The maximum absolute atomic E-state index is 12.0. The predicted molar refractivity (Wildman–Crippen MR) is 66.1 cm³/mol. The average Bonchev–Trinajstić information content (AvgIpc) is 2.36. The van der Waals surface area contributed by atoms with Gasteiger partial charge in [0.05, 0.1) is 6.61 Å². The summed E-state index contributed by atoms with van der Waals surface area (Å²) in [5.41, 5.74) is 0.732. The van der Waals surface area contributed by atoms with Gasteiger partial charge in [-0.05, 0) is 31.5 Å². The van der Waals surface area contributed by atoms with Crippen LogP contribution in [0.1, 0.15) is 19.4 Å². The van der Waals surface area contributed by atoms with Gasteiger partial charge in [-0.1, -0.05) is 12.1 Å². The lowest BCUT2D eigenvalue weighted by atomic mass is 10.2. The van der Waals surface area contributed by atoms with Crippen molar-refractivity contribution >= 4 is 5.97 Å². The highest BCUT2D eigenvalue weighted by molar-refractivity contribution is 5.75. The molecule has 0 radical (unpaired) electrons. The summed E-state index contributed by atoms with van der Waals surface area (Å²) < 4.78 is 44.5. The van der Waals surface area contributed by atoms with Gasteiger partial charge in [0.15, 0.2) is 0 Å². The first-order chi connectivity index (χ1) is 9.31. The second kappa shape index (κ2) is 7.14. The maximum atomic E-state index is 12.0. The van der Waals surface area contributed by atoms with Crippen molar-refractivity contribution in [1.82, 2.24) is 5.32 Å². The SMILES string of the molecule is CCOC(=O)C(C)NCc1ccc(OC(F)(F)F)cc1. The van der Waals surface area contributed by atoms with Gasteiger partial charge in [0.25, 0.3) is 0 Å². The van der Waals surface area contributed by atoms with Crippen molar-refractivity contribution in [3.63, 3.8) is 0 Å². The zero-order valence-corrected chi connectivity index (χ0v) is 11.2. The van der Waals surface area contributed by atoms with Crippen LogP contribution in [0.4, 0.5) is 13.2 Å². The van der Waals surface area contributed by atoms with Crippen LogP contribution in [0.25, 0.3) is 0 Å². The Kier molecular flexibility index (Phi) is 5.82. The van der Waals surface area contributed by atoms with Gasteiger partial charge in [0.2, 0.25) is 0 Å². The molecule has 0 saturated heterocycles. The van der Waals surface area contributed by atoms with E-state index in [-0.39, 0.29) is 11.7 Å². The summed E-state index contributed by atoms with van der Waals surface area (Å²) in [6.07, 6.45) is -4.70. The molecule has 1 unspecified atom stereocenters. The molecule has 0 amide bonds. The number of hydrogen-bond donors (Lipinski definition) is 1. The van der Waals surface area contributed by atoms with Crippen LogP contribution in [-0.2, 0) is 16.1 Å². The molecule has 1 atom stereocenters. The molecule has 0 fully saturated rings. The van der Waals surface area contributed by atoms with E-state index in [1.807, 2.05) is 0 Å². The molecule has 1 N–H and O–H groups in total. The highest BCUT2D eigenvalue weighted by Crippen LogP contribution is 2.22. The molecule has 0 heterocycles. The molecule has 1 aromatic carbocycles. The third-order valence-electron chi connectivity index (χ3n) is 2.41. The number of nitrogens with one attached hydrogen (secondary N) is 1. The summed E-state index contributed by atoms with van der Waals surface area (Å²) >= 11 is 0. The van der Waals surface area contributed by atoms with Crippen molar-refractivity contribution in [3.05, 3.63) is 29.8 Å². The van der Waals surface area contributed by atoms with Crippen LogP contribution in [-0.4, -0.2) is 25.0 Å². The molecule has 0 spiro atoms. The Hall–Kier alpha value is -1.76. The fraction of sp³-hybridized carbons (Fsp3) is 0.462. The first-order valence-electron chi connectivity index (χ1n) is 6.06. The lowest BCUT2D eigenvalue weighted by Gasteiger charge is -2.13. The molecule has 0 aliphatic carbocycles. The predicted octanol–water partition coefficient (Wildman–Crippen LogP) is 2.63. The van der Waals surface area contributed by atoms with E-state index in [2.05, 4.69) is 10.1 Å². The van der Waals surface area contributed by atoms with Crippen molar-refractivity contribution in [2.45, 2.75) is 32.8 Å². The van der Waals surface area contributed by atoms with E-state index in [1.165, 1.54) is 24.3 Å². The van der Waals surface area contributed by atoms with E-state index in [9.17, 15) is 18.0 Å². The molecule has 1 aromatic rings. The Morgan fingerprint density at radius 1 is 1.30 bits per heavy atom. The van der Waals surface area contributed by atoms with Crippen LogP contribution in [0.5, 0.6) is 5.75 Å². The lowest BCUT2D eigenvalue weighted by molar-refractivity contribution is -0.274. The van der Waals surface area contributed by atoms with Crippen LogP contribution < -0.4 is 10.1 Å². The first-order valence-corrected chi connectivity index (χ1v) is 6.06. The van der Waals surface area contributed by atoms with Crippen molar-refractivity contribution in [3.8, 4) is 5.75 Å². The third kappa shape index (κ3) is 5.92. The van der Waals surface area contributed by atoms with E-state index in [0.29, 0.717) is 13.2 Å². The molecule has 0 bridgehead atoms. The van der Waals surface area contributed by atoms with Crippen LogP contribution >= 0.6 is 0 Å². The van der Waals surface area contributed by atoms with E-state index in [4.69, 9.17) is 4.74 Å². The van der Waals surface area contributed by atoms with Crippen LogP contribution in [0, 0.1) is 0 Å². The fourth-order valence-corrected chi connectivity index (χ4v) is 1.43. The quantitative estimate of drug-likeness (QED) is 0.819. The zero-order chi connectivity index (χ0) is 15.2. The van der Waals surface area contributed by atoms with Crippen molar-refractivity contribution in [1.29, 1.82) is 0 Å². The minimum atomic E-state index is -4.70. The number of halogens is 3. The standard InChI is InChI=1S/C13H16F3NO3/c1-3-19-12(18)9(2)17-8-10-4-6-11(7-5-10)20-13(14,15)16/h4-7,9,17H,3,8H2,1-2H3. The molecule has 0 aliphatic rings. The topological polar surface area (TPSA) is 47.6 Å². The highest BCUT2D eigenvalue weighted by Gasteiger charge is 2.30. The minimum Gasteiger partial charge on any atom is -0.465 e. The number of rotatable bonds is 6. The summed E-state index contributed by atoms with van der Waals surface area (Å²) in [7, 11) is 0. The molecule has 0 saturated carbocycles. The first kappa shape index (κ1) is 16.3. The highest BCUT2D eigenvalue weighted by atomic mass is 19.4. The Bertz CT molecular complexity index is 431. The molecule has 112 valence electrons. The monoisotopic (exact) mass is 291 g/mol. The smallest absolute Gasteiger partial charge is 0.465 e. The van der Waals surface area contributed by atoms with Gasteiger partial charge in [-0.3, -0.25) is 4.79 Å². The van der Waals surface area contributed by atoms with Crippen LogP contribution in [0.2, 0.25) is 0 Å². The number of hydrogen-bond acceptors (Lipinski definition) is 4. The van der Waals surface area contributed by atoms with Gasteiger partial charge in [0.1, 0.15) is 11.8 Å². The molecule has 1 rings (SSSR count). The second-order valence-corrected chi connectivity index (χ2v) is 4.05. The van der Waals surface area contributed by atoms with E-state index >= 15 is 0 Å². The van der Waals surface area contributed by atoms with Crippen molar-refractivity contribution < 1.29 is 27.4 Å². The Labute approximate surface area is 114 Å². The van der Waals surface area contributed by atoms with Crippen LogP contribution in [0.15, 0.2) is 24.3 Å². The van der Waals surface area contributed by atoms with Gasteiger partial charge in [0, 0.05) is 6.54 Å². The molecule has 0 aromatic heterocycles. The molecule has 7 heteroatoms. The summed E-state index contributed by atoms with van der Waals surface area (Å²) in [4.78, 5) is 11.3. The number of carbonyl (C=O) groups excluding carboxylic acids is 1. The number of ether oxygens (including phenoxy) is 2. The van der Waals surface area contributed by atoms with Crippen molar-refractivity contribution in [2.75, 3.05) is 6.61 Å². The summed E-state index contributed by atoms with van der Waals surface area (Å²) in [6.45, 7) is 4.00. The summed E-state index contributed by atoms with van der Waals surface area (Å²) in [5.74, 6) is -0.649. The number of alkyl halides is 3. The minimum absolute atomic E-state index is 0.278. The molecule has 0 aliphatic heterocycles. The zero-order valence-electron chi connectivity index (χ0n) is 11.2. The number of esters is 1. The Morgan fingerprint density at radius 2 is 1.90 bits per heavy atom. The lowest BCUT2D eigenvalue weighted by Crippen LogP contribution is -2.34. The number of benzene rings is 1. The van der Waals surface area contributed by atoms with Gasteiger partial charge in [-0.25, -0.2) is 0 Å². The van der Waals surface area contributed by atoms with Gasteiger partial charge < -0.3 is 14.8 Å². The van der Waals surface area contributed by atoms with Crippen LogP contribution in [0.3, 0.4) is 0 Å². The molecule has 4 nitrogen and oxygen atoms in total. The van der Waals surface area contributed by atoms with Gasteiger partial charge in [-0.15, -0.1) is 13.2 Å². The number of carbonyl (C=O) groups is 1. The molecule has 20 heavy (non-hydrogen) atoms. The van der Waals surface area contributed by atoms with E-state index in [0.717, 1.165) is 5.56 Å². The summed E-state index contributed by atoms with van der Waals surface area (Å²) in [5, 5.41) is 2.91. The van der Waals surface area contributed by atoms with Crippen molar-refractivity contribution in [2.24, 2.45) is 0 Å². The third-order valence-corrected chi connectivity index (χ3v) is 2.41. The average molecular weight is 291 g/mol. The molecular formula is C13H16F3NO3. The van der Waals surface area contributed by atoms with Gasteiger partial charge in [-0.2, -0.15) is 0 Å². The maximum Gasteiger partial charge on any atom is 0.573 e. The van der Waals surface area contributed by atoms with E-state index < -0.39 is 12.4 Å². The largest absolute Gasteiger partial charge is 0.573 e. The molecular weight excluding hydrogens is 275 g/mol. The summed E-state index contributed by atoms with van der Waals surface area (Å²) in [6, 6.07) is 4.94. The fourth-order valence-electron chi connectivity index (χ4n) is 1.43. The Morgan fingerprint density at radius 3 is 2.40 bits per heavy atom. The van der Waals surface area contributed by atoms with E-state index in [1.54, 1.807) is 13.8 Å².